The van der Waals surface area contributed by atoms with Crippen molar-refractivity contribution < 1.29 is 14.0 Å². The highest BCUT2D eigenvalue weighted by molar-refractivity contribution is 7.13. The Labute approximate surface area is 170 Å². The molecule has 1 atom stereocenters. The van der Waals surface area contributed by atoms with Crippen LogP contribution in [0.15, 0.2) is 47.1 Å². The van der Waals surface area contributed by atoms with Crippen molar-refractivity contribution in [2.24, 2.45) is 0 Å². The number of piperidine rings is 1. The lowest BCUT2D eigenvalue weighted by atomic mass is 9.98. The van der Waals surface area contributed by atoms with E-state index in [1.54, 1.807) is 41.3 Å². The first kappa shape index (κ1) is 18.6. The molecule has 28 heavy (non-hydrogen) atoms. The standard InChI is InChI=1S/C19H17ClN4O3S/c20-13-5-7-14(8-6-13)21-16(25)18-23-22-17(28-18)12-3-1-9-24(11-12)19(26)15-4-2-10-27-15/h2,4-8,10,12H,1,3,9,11H2,(H,21,25)/t12-/m0/s1. The Morgan fingerprint density at radius 3 is 2.79 bits per heavy atom. The number of amides is 2. The van der Waals surface area contributed by atoms with Crippen molar-refractivity contribution in [2.75, 3.05) is 18.4 Å². The van der Waals surface area contributed by atoms with E-state index in [1.165, 1.54) is 17.6 Å². The molecule has 1 aromatic carbocycles. The molecule has 0 aliphatic carbocycles. The Morgan fingerprint density at radius 1 is 1.21 bits per heavy atom. The molecule has 7 nitrogen and oxygen atoms in total. The number of carbonyl (C=O) groups is 2. The molecule has 1 saturated heterocycles. The molecule has 0 bridgehead atoms. The number of likely N-dealkylation sites (tertiary alicyclic amines) is 1. The molecule has 2 aromatic heterocycles. The van der Waals surface area contributed by atoms with Crippen molar-refractivity contribution in [3.63, 3.8) is 0 Å². The van der Waals surface area contributed by atoms with Gasteiger partial charge in [0.2, 0.25) is 5.01 Å². The minimum atomic E-state index is -0.314. The second kappa shape index (κ2) is 8.12. The van der Waals surface area contributed by atoms with Gasteiger partial charge in [-0.3, -0.25) is 9.59 Å². The molecule has 2 amide bonds. The summed E-state index contributed by atoms with van der Waals surface area (Å²) in [5, 5.41) is 12.7. The average molecular weight is 417 g/mol. The molecule has 1 N–H and O–H groups in total. The molecule has 4 rings (SSSR count). The third-order valence-electron chi connectivity index (χ3n) is 4.53. The van der Waals surface area contributed by atoms with E-state index < -0.39 is 0 Å². The summed E-state index contributed by atoms with van der Waals surface area (Å²) < 4.78 is 5.21. The lowest BCUT2D eigenvalue weighted by Crippen LogP contribution is -2.38. The van der Waals surface area contributed by atoms with Crippen molar-refractivity contribution in [1.29, 1.82) is 0 Å². The third-order valence-corrected chi connectivity index (χ3v) is 5.86. The van der Waals surface area contributed by atoms with Crippen molar-refractivity contribution >= 4 is 40.4 Å². The van der Waals surface area contributed by atoms with Gasteiger partial charge in [0.05, 0.1) is 6.26 Å². The predicted octanol–water partition coefficient (Wildman–Crippen LogP) is 4.06. The van der Waals surface area contributed by atoms with E-state index in [9.17, 15) is 9.59 Å². The highest BCUT2D eigenvalue weighted by atomic mass is 35.5. The van der Waals surface area contributed by atoms with Gasteiger partial charge in [0, 0.05) is 29.7 Å². The summed E-state index contributed by atoms with van der Waals surface area (Å²) in [6.07, 6.45) is 3.25. The van der Waals surface area contributed by atoms with Gasteiger partial charge in [0.25, 0.3) is 11.8 Å². The number of halogens is 1. The number of hydrogen-bond acceptors (Lipinski definition) is 6. The molecule has 144 valence electrons. The molecule has 3 heterocycles. The average Bonchev–Trinajstić information content (AvgIpc) is 3.41. The zero-order valence-electron chi connectivity index (χ0n) is 14.8. The van der Waals surface area contributed by atoms with Gasteiger partial charge in [-0.25, -0.2) is 0 Å². The van der Waals surface area contributed by atoms with Crippen LogP contribution in [-0.4, -0.2) is 40.0 Å². The predicted molar refractivity (Wildman–Crippen MR) is 106 cm³/mol. The molecule has 0 spiro atoms. The van der Waals surface area contributed by atoms with Crippen LogP contribution in [0, 0.1) is 0 Å². The second-order valence-electron chi connectivity index (χ2n) is 6.47. The Kier molecular flexibility index (Phi) is 5.40. The molecule has 0 saturated carbocycles. The second-order valence-corrected chi connectivity index (χ2v) is 7.92. The van der Waals surface area contributed by atoms with Crippen LogP contribution in [0.4, 0.5) is 5.69 Å². The number of nitrogens with zero attached hydrogens (tertiary/aromatic N) is 3. The van der Waals surface area contributed by atoms with E-state index in [0.29, 0.717) is 34.6 Å². The van der Waals surface area contributed by atoms with Gasteiger partial charge in [0.15, 0.2) is 5.76 Å². The van der Waals surface area contributed by atoms with E-state index >= 15 is 0 Å². The Morgan fingerprint density at radius 2 is 2.04 bits per heavy atom. The van der Waals surface area contributed by atoms with Gasteiger partial charge in [-0.2, -0.15) is 0 Å². The molecular weight excluding hydrogens is 400 g/mol. The SMILES string of the molecule is O=C(Nc1ccc(Cl)cc1)c1nnc([C@H]2CCCN(C(=O)c3ccco3)C2)s1. The van der Waals surface area contributed by atoms with Crippen LogP contribution < -0.4 is 5.32 Å². The van der Waals surface area contributed by atoms with Gasteiger partial charge in [-0.1, -0.05) is 22.9 Å². The number of nitrogens with one attached hydrogen (secondary N) is 1. The Balaban J connectivity index is 1.42. The van der Waals surface area contributed by atoms with Crippen LogP contribution >= 0.6 is 22.9 Å². The molecular formula is C19H17ClN4O3S. The number of carbonyl (C=O) groups excluding carboxylic acids is 2. The fourth-order valence-electron chi connectivity index (χ4n) is 3.13. The van der Waals surface area contributed by atoms with Crippen molar-refractivity contribution in [2.45, 2.75) is 18.8 Å². The maximum absolute atomic E-state index is 12.5. The summed E-state index contributed by atoms with van der Waals surface area (Å²) in [6, 6.07) is 10.2. The van der Waals surface area contributed by atoms with Crippen molar-refractivity contribution in [1.82, 2.24) is 15.1 Å². The summed E-state index contributed by atoms with van der Waals surface area (Å²) >= 11 is 7.11. The number of hydrogen-bond donors (Lipinski definition) is 1. The quantitative estimate of drug-likeness (QED) is 0.692. The first-order chi connectivity index (χ1) is 13.6. The fraction of sp³-hybridized carbons (Fsp3) is 0.263. The molecule has 3 aromatic rings. The minimum Gasteiger partial charge on any atom is -0.459 e. The largest absolute Gasteiger partial charge is 0.459 e. The van der Waals surface area contributed by atoms with Crippen LogP contribution in [0.1, 0.15) is 44.1 Å². The maximum Gasteiger partial charge on any atom is 0.289 e. The van der Waals surface area contributed by atoms with E-state index in [2.05, 4.69) is 15.5 Å². The van der Waals surface area contributed by atoms with Gasteiger partial charge >= 0.3 is 0 Å². The first-order valence-corrected chi connectivity index (χ1v) is 10.0. The number of benzene rings is 1. The smallest absolute Gasteiger partial charge is 0.289 e. The molecule has 1 aliphatic heterocycles. The molecule has 9 heteroatoms. The number of rotatable bonds is 4. The Bertz CT molecular complexity index is 971. The third kappa shape index (κ3) is 4.07. The number of aromatic nitrogens is 2. The summed E-state index contributed by atoms with van der Waals surface area (Å²) in [5.74, 6) is -0.0477. The highest BCUT2D eigenvalue weighted by Crippen LogP contribution is 2.30. The molecule has 0 unspecified atom stereocenters. The van der Waals surface area contributed by atoms with Gasteiger partial charge in [0.1, 0.15) is 5.01 Å². The summed E-state index contributed by atoms with van der Waals surface area (Å²) in [5.41, 5.74) is 0.638. The van der Waals surface area contributed by atoms with Gasteiger partial charge < -0.3 is 14.6 Å². The van der Waals surface area contributed by atoms with Gasteiger partial charge in [-0.05, 0) is 49.2 Å². The summed E-state index contributed by atoms with van der Waals surface area (Å²) in [4.78, 5) is 26.7. The maximum atomic E-state index is 12.5. The van der Waals surface area contributed by atoms with Crippen molar-refractivity contribution in [3.05, 3.63) is 63.5 Å². The zero-order valence-corrected chi connectivity index (χ0v) is 16.4. The van der Waals surface area contributed by atoms with E-state index in [0.717, 1.165) is 17.8 Å². The summed E-state index contributed by atoms with van der Waals surface area (Å²) in [6.45, 7) is 1.21. The van der Waals surface area contributed by atoms with Gasteiger partial charge in [-0.15, -0.1) is 10.2 Å². The fourth-order valence-corrected chi connectivity index (χ4v) is 4.12. The Hall–Kier alpha value is -2.71. The monoisotopic (exact) mass is 416 g/mol. The van der Waals surface area contributed by atoms with Crippen LogP contribution in [0.5, 0.6) is 0 Å². The number of furan rings is 1. The highest BCUT2D eigenvalue weighted by Gasteiger charge is 2.29. The normalized spacial score (nSPS) is 16.8. The van der Waals surface area contributed by atoms with Crippen LogP contribution in [0.25, 0.3) is 0 Å². The minimum absolute atomic E-state index is 0.0576. The van der Waals surface area contributed by atoms with E-state index in [1.807, 2.05) is 0 Å². The first-order valence-electron chi connectivity index (χ1n) is 8.83. The lowest BCUT2D eigenvalue weighted by molar-refractivity contribution is 0.0674. The zero-order chi connectivity index (χ0) is 19.5. The van der Waals surface area contributed by atoms with Crippen LogP contribution in [-0.2, 0) is 0 Å². The van der Waals surface area contributed by atoms with Crippen LogP contribution in [0.2, 0.25) is 5.02 Å². The molecule has 1 aliphatic rings. The van der Waals surface area contributed by atoms with Crippen LogP contribution in [0.3, 0.4) is 0 Å². The topological polar surface area (TPSA) is 88.3 Å². The lowest BCUT2D eigenvalue weighted by Gasteiger charge is -2.30. The van der Waals surface area contributed by atoms with E-state index in [4.69, 9.17) is 16.0 Å². The van der Waals surface area contributed by atoms with E-state index in [-0.39, 0.29) is 17.7 Å². The summed E-state index contributed by atoms with van der Waals surface area (Å²) in [7, 11) is 0. The number of anilines is 1. The van der Waals surface area contributed by atoms with Crippen molar-refractivity contribution in [3.8, 4) is 0 Å². The molecule has 0 radical (unpaired) electrons. The molecule has 1 fully saturated rings.